The summed E-state index contributed by atoms with van der Waals surface area (Å²) in [5, 5.41) is 21.0. The molecule has 2 aliphatic heterocycles. The van der Waals surface area contributed by atoms with Gasteiger partial charge in [0.2, 0.25) is 0 Å². The predicted molar refractivity (Wildman–Crippen MR) is 102 cm³/mol. The van der Waals surface area contributed by atoms with Crippen LogP contribution in [-0.2, 0) is 18.9 Å². The highest BCUT2D eigenvalue weighted by Crippen LogP contribution is 2.39. The standard InChI is InChI=1S/C20H20Cl2O6/c21-13-5-1-11(2-6-13)19-25-10-16-18(28-19)17(15(24)9-23)27-20(26-16)12-3-7-14(22)8-4-12/h1-8,15-20,23-24H,9-10H2/t15-,16+,17-,18-,19?,20?/m0/s1. The number of fused-ring (bicyclic) bond motifs is 1. The number of ether oxygens (including phenoxy) is 4. The van der Waals surface area contributed by atoms with Crippen LogP contribution in [0.15, 0.2) is 48.5 Å². The number of halogens is 2. The van der Waals surface area contributed by atoms with Crippen molar-refractivity contribution >= 4 is 23.2 Å². The third-order valence-corrected chi connectivity index (χ3v) is 5.32. The van der Waals surface area contributed by atoms with Crippen molar-refractivity contribution < 1.29 is 29.2 Å². The van der Waals surface area contributed by atoms with Gasteiger partial charge in [-0.15, -0.1) is 0 Å². The summed E-state index contributed by atoms with van der Waals surface area (Å²) in [5.41, 5.74) is 1.54. The van der Waals surface area contributed by atoms with Crippen LogP contribution in [0.3, 0.4) is 0 Å². The Balaban J connectivity index is 1.55. The smallest absolute Gasteiger partial charge is 0.184 e. The average molecular weight is 427 g/mol. The fourth-order valence-electron chi connectivity index (χ4n) is 3.35. The summed E-state index contributed by atoms with van der Waals surface area (Å²) >= 11 is 11.9. The zero-order valence-electron chi connectivity index (χ0n) is 14.8. The molecule has 8 heteroatoms. The Kier molecular flexibility index (Phi) is 6.20. The minimum absolute atomic E-state index is 0.250. The number of benzene rings is 2. The van der Waals surface area contributed by atoms with Crippen molar-refractivity contribution in [1.29, 1.82) is 0 Å². The zero-order chi connectivity index (χ0) is 19.7. The fourth-order valence-corrected chi connectivity index (χ4v) is 3.60. The minimum atomic E-state index is -1.13. The first-order chi connectivity index (χ1) is 13.5. The van der Waals surface area contributed by atoms with E-state index in [0.29, 0.717) is 10.0 Å². The Morgan fingerprint density at radius 1 is 0.857 bits per heavy atom. The Morgan fingerprint density at radius 3 is 2.00 bits per heavy atom. The molecule has 2 aliphatic rings. The Labute approximate surface area is 172 Å². The molecule has 4 rings (SSSR count). The Morgan fingerprint density at radius 2 is 1.43 bits per heavy atom. The lowest BCUT2D eigenvalue weighted by atomic mass is 9.99. The third-order valence-electron chi connectivity index (χ3n) is 4.81. The highest BCUT2D eigenvalue weighted by Gasteiger charge is 2.48. The summed E-state index contributed by atoms with van der Waals surface area (Å²) in [4.78, 5) is 0. The van der Waals surface area contributed by atoms with Crippen molar-refractivity contribution in [3.8, 4) is 0 Å². The first kappa shape index (κ1) is 20.1. The molecule has 2 unspecified atom stereocenters. The molecule has 2 saturated heterocycles. The Bertz CT molecular complexity index is 782. The van der Waals surface area contributed by atoms with E-state index in [2.05, 4.69) is 0 Å². The van der Waals surface area contributed by atoms with Crippen LogP contribution in [0.5, 0.6) is 0 Å². The molecule has 0 spiro atoms. The molecule has 28 heavy (non-hydrogen) atoms. The zero-order valence-corrected chi connectivity index (χ0v) is 16.3. The van der Waals surface area contributed by atoms with Gasteiger partial charge in [0.25, 0.3) is 0 Å². The van der Waals surface area contributed by atoms with E-state index in [1.807, 2.05) is 12.1 Å². The topological polar surface area (TPSA) is 77.4 Å². The van der Waals surface area contributed by atoms with Crippen molar-refractivity contribution in [3.63, 3.8) is 0 Å². The molecule has 6 atom stereocenters. The molecule has 0 saturated carbocycles. The van der Waals surface area contributed by atoms with Crippen LogP contribution in [0, 0.1) is 0 Å². The third kappa shape index (κ3) is 4.20. The number of hydrogen-bond donors (Lipinski definition) is 2. The van der Waals surface area contributed by atoms with Crippen LogP contribution in [-0.4, -0.2) is 47.8 Å². The summed E-state index contributed by atoms with van der Waals surface area (Å²) < 4.78 is 23.9. The van der Waals surface area contributed by atoms with Crippen LogP contribution in [0.2, 0.25) is 10.0 Å². The first-order valence-electron chi connectivity index (χ1n) is 8.93. The van der Waals surface area contributed by atoms with Crippen molar-refractivity contribution in [2.24, 2.45) is 0 Å². The summed E-state index contributed by atoms with van der Waals surface area (Å²) in [7, 11) is 0. The van der Waals surface area contributed by atoms with Gasteiger partial charge in [0.05, 0.1) is 13.2 Å². The lowest BCUT2D eigenvalue weighted by molar-refractivity contribution is -0.373. The molecule has 2 heterocycles. The van der Waals surface area contributed by atoms with E-state index in [1.54, 1.807) is 36.4 Å². The summed E-state index contributed by atoms with van der Waals surface area (Å²) in [6, 6.07) is 14.2. The lowest BCUT2D eigenvalue weighted by Crippen LogP contribution is -2.58. The van der Waals surface area contributed by atoms with Gasteiger partial charge >= 0.3 is 0 Å². The van der Waals surface area contributed by atoms with Crippen molar-refractivity contribution in [2.75, 3.05) is 13.2 Å². The van der Waals surface area contributed by atoms with Gasteiger partial charge < -0.3 is 29.2 Å². The molecule has 2 aromatic carbocycles. The lowest BCUT2D eigenvalue weighted by Gasteiger charge is -2.47. The highest BCUT2D eigenvalue weighted by molar-refractivity contribution is 6.30. The van der Waals surface area contributed by atoms with E-state index in [9.17, 15) is 10.2 Å². The number of rotatable bonds is 4. The molecule has 0 bridgehead atoms. The second kappa shape index (κ2) is 8.65. The average Bonchev–Trinajstić information content (AvgIpc) is 2.73. The van der Waals surface area contributed by atoms with E-state index in [4.69, 9.17) is 42.1 Å². The van der Waals surface area contributed by atoms with Gasteiger partial charge in [0, 0.05) is 21.2 Å². The quantitative estimate of drug-likeness (QED) is 0.781. The maximum Gasteiger partial charge on any atom is 0.184 e. The van der Waals surface area contributed by atoms with Crippen LogP contribution in [0.4, 0.5) is 0 Å². The van der Waals surface area contributed by atoms with E-state index in [-0.39, 0.29) is 6.61 Å². The molecule has 0 radical (unpaired) electrons. The summed E-state index contributed by atoms with van der Waals surface area (Å²) in [6.45, 7) is -0.211. The van der Waals surface area contributed by atoms with Gasteiger partial charge in [-0.05, 0) is 24.3 Å². The summed E-state index contributed by atoms with van der Waals surface area (Å²) in [6.07, 6.45) is -4.38. The van der Waals surface area contributed by atoms with E-state index < -0.39 is 43.6 Å². The van der Waals surface area contributed by atoms with Crippen LogP contribution in [0.1, 0.15) is 23.7 Å². The molecular formula is C20H20Cl2O6. The second-order valence-electron chi connectivity index (χ2n) is 6.73. The molecule has 2 aromatic rings. The summed E-state index contributed by atoms with van der Waals surface area (Å²) in [5.74, 6) is 0. The molecule has 2 fully saturated rings. The van der Waals surface area contributed by atoms with Gasteiger partial charge in [-0.2, -0.15) is 0 Å². The second-order valence-corrected chi connectivity index (χ2v) is 7.60. The molecule has 6 nitrogen and oxygen atoms in total. The molecule has 0 amide bonds. The molecule has 0 aromatic heterocycles. The maximum atomic E-state index is 10.3. The van der Waals surface area contributed by atoms with Crippen LogP contribution < -0.4 is 0 Å². The number of hydrogen-bond acceptors (Lipinski definition) is 6. The van der Waals surface area contributed by atoms with E-state index >= 15 is 0 Å². The van der Waals surface area contributed by atoms with Gasteiger partial charge in [-0.25, -0.2) is 0 Å². The normalized spacial score (nSPS) is 31.2. The number of aliphatic hydroxyl groups excluding tert-OH is 2. The van der Waals surface area contributed by atoms with E-state index in [0.717, 1.165) is 11.1 Å². The SMILES string of the molecule is OC[C@H](O)[C@@H]1OC(c2ccc(Cl)cc2)O[C@@H]2COC(c3ccc(Cl)cc3)O[C@H]12. The van der Waals surface area contributed by atoms with Crippen LogP contribution in [0.25, 0.3) is 0 Å². The molecule has 0 aliphatic carbocycles. The molecule has 2 N–H and O–H groups in total. The highest BCUT2D eigenvalue weighted by atomic mass is 35.5. The monoisotopic (exact) mass is 426 g/mol. The molecule has 150 valence electrons. The minimum Gasteiger partial charge on any atom is -0.394 e. The first-order valence-corrected chi connectivity index (χ1v) is 9.68. The Hall–Kier alpha value is -1.22. The van der Waals surface area contributed by atoms with Gasteiger partial charge in [-0.3, -0.25) is 0 Å². The van der Waals surface area contributed by atoms with E-state index in [1.165, 1.54) is 0 Å². The van der Waals surface area contributed by atoms with Crippen molar-refractivity contribution in [2.45, 2.75) is 37.0 Å². The fraction of sp³-hybridized carbons (Fsp3) is 0.400. The number of aliphatic hydroxyl groups is 2. The van der Waals surface area contributed by atoms with Gasteiger partial charge in [-0.1, -0.05) is 47.5 Å². The molecular weight excluding hydrogens is 407 g/mol. The van der Waals surface area contributed by atoms with Crippen molar-refractivity contribution in [3.05, 3.63) is 69.7 Å². The van der Waals surface area contributed by atoms with Gasteiger partial charge in [0.15, 0.2) is 12.6 Å². The van der Waals surface area contributed by atoms with Crippen LogP contribution >= 0.6 is 23.2 Å². The maximum absolute atomic E-state index is 10.3. The van der Waals surface area contributed by atoms with Gasteiger partial charge in [0.1, 0.15) is 24.4 Å². The van der Waals surface area contributed by atoms with Crippen molar-refractivity contribution in [1.82, 2.24) is 0 Å². The predicted octanol–water partition coefficient (Wildman–Crippen LogP) is 3.24. The largest absolute Gasteiger partial charge is 0.394 e.